The first-order valence-corrected chi connectivity index (χ1v) is 6.06. The Morgan fingerprint density at radius 3 is 2.50 bits per heavy atom. The Labute approximate surface area is 115 Å². The van der Waals surface area contributed by atoms with E-state index in [1.54, 1.807) is 20.8 Å². The minimum absolute atomic E-state index is 0.120. The van der Waals surface area contributed by atoms with Gasteiger partial charge in [-0.05, 0) is 20.8 Å². The molecule has 0 spiro atoms. The number of hydrogen-bond donors (Lipinski definition) is 3. The van der Waals surface area contributed by atoms with Gasteiger partial charge in [-0.3, -0.25) is 9.48 Å². The zero-order valence-corrected chi connectivity index (χ0v) is 11.9. The molecule has 0 saturated carbocycles. The lowest BCUT2D eigenvalue weighted by molar-refractivity contribution is -0.139. The monoisotopic (exact) mass is 285 g/mol. The number of aliphatic carboxylic acids is 1. The highest BCUT2D eigenvalue weighted by molar-refractivity contribution is 5.80. The Morgan fingerprint density at radius 1 is 1.50 bits per heavy atom. The maximum absolute atomic E-state index is 11.6. The Kier molecular flexibility index (Phi) is 4.59. The van der Waals surface area contributed by atoms with Crippen molar-refractivity contribution in [3.63, 3.8) is 0 Å². The van der Waals surface area contributed by atoms with Crippen LogP contribution in [0.5, 0.6) is 0 Å². The molecule has 0 aliphatic rings. The van der Waals surface area contributed by atoms with Crippen LogP contribution in [0.25, 0.3) is 0 Å². The van der Waals surface area contributed by atoms with Crippen LogP contribution in [0.1, 0.15) is 26.3 Å². The average molecular weight is 285 g/mol. The molecule has 0 aliphatic carbocycles. The molecule has 20 heavy (non-hydrogen) atoms. The van der Waals surface area contributed by atoms with Gasteiger partial charge in [0.25, 0.3) is 5.56 Å². The molecule has 0 radical (unpaired) electrons. The molecule has 3 N–H and O–H groups in total. The number of carboxylic acid groups (broad SMARTS) is 1. The predicted molar refractivity (Wildman–Crippen MR) is 70.5 cm³/mol. The highest BCUT2D eigenvalue weighted by Gasteiger charge is 2.25. The topological polar surface area (TPSA) is 113 Å². The van der Waals surface area contributed by atoms with E-state index in [0.717, 1.165) is 0 Å². The van der Waals surface area contributed by atoms with Gasteiger partial charge in [0.05, 0.1) is 0 Å². The van der Waals surface area contributed by atoms with Crippen molar-refractivity contribution in [1.82, 2.24) is 15.1 Å². The van der Waals surface area contributed by atoms with Crippen LogP contribution in [0.4, 0.5) is 4.79 Å². The van der Waals surface area contributed by atoms with Crippen molar-refractivity contribution in [2.45, 2.75) is 38.8 Å². The third-order valence-electron chi connectivity index (χ3n) is 2.42. The van der Waals surface area contributed by atoms with Gasteiger partial charge < -0.3 is 20.3 Å². The minimum atomic E-state index is -1.24. The van der Waals surface area contributed by atoms with Crippen LogP contribution in [-0.4, -0.2) is 38.6 Å². The number of rotatable bonds is 4. The SMILES string of the molecule is Cn1[nH]cc(C[C@@H](NC(=O)OC(C)(C)C)C(=O)O)c1=O. The first-order chi connectivity index (χ1) is 9.10. The van der Waals surface area contributed by atoms with Gasteiger partial charge in [-0.15, -0.1) is 0 Å². The molecule has 1 heterocycles. The number of amides is 1. The molecule has 1 amide bonds. The van der Waals surface area contributed by atoms with Gasteiger partial charge in [0.15, 0.2) is 0 Å². The fourth-order valence-electron chi connectivity index (χ4n) is 1.53. The smallest absolute Gasteiger partial charge is 0.408 e. The standard InChI is InChI=1S/C12H19N3O5/c1-12(2,3)20-11(19)14-8(10(17)18)5-7-6-13-15(4)9(7)16/h6,8,13H,5H2,1-4H3,(H,14,19)(H,17,18)/t8-/m1/s1. The van der Waals surface area contributed by atoms with Crippen molar-refractivity contribution in [3.05, 3.63) is 22.1 Å². The maximum Gasteiger partial charge on any atom is 0.408 e. The van der Waals surface area contributed by atoms with E-state index in [9.17, 15) is 14.4 Å². The molecule has 1 aromatic heterocycles. The maximum atomic E-state index is 11.6. The molecule has 112 valence electrons. The van der Waals surface area contributed by atoms with Crippen molar-refractivity contribution in [2.75, 3.05) is 0 Å². The number of ether oxygens (including phenoxy) is 1. The van der Waals surface area contributed by atoms with Gasteiger partial charge in [-0.25, -0.2) is 9.59 Å². The van der Waals surface area contributed by atoms with Gasteiger partial charge in [0.1, 0.15) is 11.6 Å². The summed E-state index contributed by atoms with van der Waals surface area (Å²) in [5.41, 5.74) is -0.782. The van der Waals surface area contributed by atoms with E-state index >= 15 is 0 Å². The quantitative estimate of drug-likeness (QED) is 0.733. The number of aryl methyl sites for hydroxylation is 1. The summed E-state index contributed by atoms with van der Waals surface area (Å²) in [6.07, 6.45) is 0.456. The lowest BCUT2D eigenvalue weighted by Crippen LogP contribution is -2.45. The number of hydrogen-bond acceptors (Lipinski definition) is 4. The summed E-state index contributed by atoms with van der Waals surface area (Å²) in [6, 6.07) is -1.23. The first kappa shape index (κ1) is 15.8. The zero-order valence-electron chi connectivity index (χ0n) is 11.9. The number of aromatic amines is 1. The summed E-state index contributed by atoms with van der Waals surface area (Å²) in [5, 5.41) is 14.0. The third kappa shape index (κ3) is 4.45. The molecule has 0 unspecified atom stereocenters. The largest absolute Gasteiger partial charge is 0.480 e. The van der Waals surface area contributed by atoms with Crippen molar-refractivity contribution < 1.29 is 19.4 Å². The summed E-state index contributed by atoms with van der Waals surface area (Å²) in [7, 11) is 1.52. The lowest BCUT2D eigenvalue weighted by Gasteiger charge is -2.21. The van der Waals surface area contributed by atoms with Crippen molar-refractivity contribution in [2.24, 2.45) is 7.05 Å². The average Bonchev–Trinajstić information content (AvgIpc) is 2.57. The summed E-state index contributed by atoms with van der Waals surface area (Å²) in [6.45, 7) is 5.01. The molecule has 0 aliphatic heterocycles. The van der Waals surface area contributed by atoms with Crippen LogP contribution in [0.2, 0.25) is 0 Å². The van der Waals surface area contributed by atoms with Crippen LogP contribution < -0.4 is 10.9 Å². The van der Waals surface area contributed by atoms with Crippen LogP contribution in [0.15, 0.2) is 11.0 Å². The second-order valence-electron chi connectivity index (χ2n) is 5.40. The zero-order chi connectivity index (χ0) is 15.5. The highest BCUT2D eigenvalue weighted by atomic mass is 16.6. The van der Waals surface area contributed by atoms with E-state index in [0.29, 0.717) is 0 Å². The molecule has 0 fully saturated rings. The highest BCUT2D eigenvalue weighted by Crippen LogP contribution is 2.07. The van der Waals surface area contributed by atoms with E-state index in [1.807, 2.05) is 0 Å². The predicted octanol–water partition coefficient (Wildman–Crippen LogP) is 0.234. The van der Waals surface area contributed by atoms with E-state index in [4.69, 9.17) is 9.84 Å². The summed E-state index contributed by atoms with van der Waals surface area (Å²) in [5.74, 6) is -1.24. The van der Waals surface area contributed by atoms with Crippen molar-refractivity contribution in [1.29, 1.82) is 0 Å². The normalized spacial score (nSPS) is 12.8. The van der Waals surface area contributed by atoms with Crippen LogP contribution in [-0.2, 0) is 23.0 Å². The molecule has 8 heteroatoms. The number of alkyl carbamates (subject to hydrolysis) is 1. The number of carbonyl (C=O) groups is 2. The number of carbonyl (C=O) groups excluding carboxylic acids is 1. The number of H-pyrrole nitrogens is 1. The number of carboxylic acids is 1. The van der Waals surface area contributed by atoms with Crippen molar-refractivity contribution >= 4 is 12.1 Å². The molecule has 1 rings (SSSR count). The second kappa shape index (κ2) is 5.81. The molecular formula is C12H19N3O5. The second-order valence-corrected chi connectivity index (χ2v) is 5.40. The number of nitrogens with zero attached hydrogens (tertiary/aromatic N) is 1. The molecule has 0 bridgehead atoms. The van der Waals surface area contributed by atoms with E-state index in [-0.39, 0.29) is 17.5 Å². The Hall–Kier alpha value is -2.25. The van der Waals surface area contributed by atoms with Crippen LogP contribution in [0.3, 0.4) is 0 Å². The Bertz CT molecular complexity index is 552. The van der Waals surface area contributed by atoms with E-state index in [2.05, 4.69) is 10.4 Å². The summed E-state index contributed by atoms with van der Waals surface area (Å²) in [4.78, 5) is 34.3. The van der Waals surface area contributed by atoms with E-state index in [1.165, 1.54) is 17.9 Å². The van der Waals surface area contributed by atoms with Gasteiger partial charge in [0, 0.05) is 25.2 Å². The first-order valence-electron chi connectivity index (χ1n) is 6.06. The van der Waals surface area contributed by atoms with Gasteiger partial charge in [-0.1, -0.05) is 0 Å². The number of nitrogens with one attached hydrogen (secondary N) is 2. The summed E-state index contributed by atoms with van der Waals surface area (Å²) < 4.78 is 6.21. The van der Waals surface area contributed by atoms with Gasteiger partial charge in [-0.2, -0.15) is 0 Å². The molecule has 0 saturated heterocycles. The van der Waals surface area contributed by atoms with E-state index < -0.39 is 23.7 Å². The third-order valence-corrected chi connectivity index (χ3v) is 2.42. The fourth-order valence-corrected chi connectivity index (χ4v) is 1.53. The Morgan fingerprint density at radius 2 is 2.10 bits per heavy atom. The molecule has 1 aromatic rings. The fraction of sp³-hybridized carbons (Fsp3) is 0.583. The van der Waals surface area contributed by atoms with Gasteiger partial charge >= 0.3 is 12.1 Å². The Balaban J connectivity index is 2.76. The lowest BCUT2D eigenvalue weighted by atomic mass is 10.1. The van der Waals surface area contributed by atoms with Crippen molar-refractivity contribution in [3.8, 4) is 0 Å². The van der Waals surface area contributed by atoms with Gasteiger partial charge in [0.2, 0.25) is 0 Å². The molecule has 1 atom stereocenters. The summed E-state index contributed by atoms with van der Waals surface area (Å²) >= 11 is 0. The molecule has 8 nitrogen and oxygen atoms in total. The van der Waals surface area contributed by atoms with Crippen LogP contribution >= 0.6 is 0 Å². The van der Waals surface area contributed by atoms with Crippen LogP contribution in [0, 0.1) is 0 Å². The minimum Gasteiger partial charge on any atom is -0.480 e. The molecular weight excluding hydrogens is 266 g/mol. The number of aromatic nitrogens is 2. The molecule has 0 aromatic carbocycles.